The summed E-state index contributed by atoms with van der Waals surface area (Å²) in [5.74, 6) is 1.10. The van der Waals surface area contributed by atoms with Crippen LogP contribution in [0.25, 0.3) is 0 Å². The van der Waals surface area contributed by atoms with Gasteiger partial charge in [0.2, 0.25) is 0 Å². The van der Waals surface area contributed by atoms with Gasteiger partial charge in [-0.2, -0.15) is 25.3 Å². The van der Waals surface area contributed by atoms with Gasteiger partial charge in [-0.05, 0) is 18.6 Å². The van der Waals surface area contributed by atoms with E-state index in [2.05, 4.69) is 25.3 Å². The molecular weight excluding hydrogens is 276 g/mol. The summed E-state index contributed by atoms with van der Waals surface area (Å²) in [4.78, 5) is 0. The van der Waals surface area contributed by atoms with Crippen LogP contribution in [0.2, 0.25) is 0 Å². The average molecular weight is 298 g/mol. The van der Waals surface area contributed by atoms with E-state index in [1.165, 1.54) is 0 Å². The summed E-state index contributed by atoms with van der Waals surface area (Å²) < 4.78 is 10.8. The molecule has 1 aliphatic heterocycles. The van der Waals surface area contributed by atoms with Gasteiger partial charge in [0.05, 0.1) is 6.10 Å². The summed E-state index contributed by atoms with van der Waals surface area (Å²) in [6, 6.07) is 0. The molecule has 18 heavy (non-hydrogen) atoms. The van der Waals surface area contributed by atoms with Crippen LogP contribution in [-0.2, 0) is 9.47 Å². The third kappa shape index (κ3) is 4.56. The first kappa shape index (κ1) is 16.6. The second-order valence-electron chi connectivity index (χ2n) is 4.35. The summed E-state index contributed by atoms with van der Waals surface area (Å²) >= 11 is 8.14. The maximum atomic E-state index is 9.73. The Hall–Kier alpha value is 0.500. The molecule has 5 atom stereocenters. The fraction of sp³-hybridized carbons (Fsp3) is 1.00. The number of ether oxygens (including phenoxy) is 2. The molecule has 3 N–H and O–H groups in total. The topological polar surface area (TPSA) is 79.2 Å². The highest BCUT2D eigenvalue weighted by Crippen LogP contribution is 2.23. The van der Waals surface area contributed by atoms with Crippen LogP contribution in [0.1, 0.15) is 19.3 Å². The molecule has 0 bridgehead atoms. The van der Waals surface area contributed by atoms with Crippen LogP contribution in [0.5, 0.6) is 0 Å². The van der Waals surface area contributed by atoms with Crippen LogP contribution in [-0.4, -0.2) is 64.1 Å². The number of hydrogen-bond donors (Lipinski definition) is 5. The molecular formula is C11H22O5S2. The molecule has 5 nitrogen and oxygen atoms in total. The number of thiol groups is 2. The summed E-state index contributed by atoms with van der Waals surface area (Å²) in [5.41, 5.74) is 0. The van der Waals surface area contributed by atoms with Crippen molar-refractivity contribution in [2.24, 2.45) is 0 Å². The molecule has 0 spiro atoms. The van der Waals surface area contributed by atoms with Crippen LogP contribution in [0.15, 0.2) is 0 Å². The smallest absolute Gasteiger partial charge is 0.186 e. The molecule has 0 aromatic rings. The SMILES string of the molecule is OC1[C@@H](O)C(CS)O[C@H](OCCCCCS)[C@@H]1O. The molecule has 7 heteroatoms. The number of unbranched alkanes of at least 4 members (excludes halogenated alkanes) is 2. The summed E-state index contributed by atoms with van der Waals surface area (Å²) in [7, 11) is 0. The minimum atomic E-state index is -1.27. The van der Waals surface area contributed by atoms with Crippen LogP contribution >= 0.6 is 25.3 Å². The molecule has 0 aromatic heterocycles. The van der Waals surface area contributed by atoms with Gasteiger partial charge in [0, 0.05) is 12.4 Å². The third-order valence-corrected chi connectivity index (χ3v) is 3.61. The van der Waals surface area contributed by atoms with Crippen molar-refractivity contribution in [3.05, 3.63) is 0 Å². The first-order chi connectivity index (χ1) is 8.61. The largest absolute Gasteiger partial charge is 0.388 e. The highest BCUT2D eigenvalue weighted by Gasteiger charge is 2.43. The molecule has 1 saturated heterocycles. The maximum Gasteiger partial charge on any atom is 0.186 e. The van der Waals surface area contributed by atoms with Crippen molar-refractivity contribution >= 4 is 25.3 Å². The van der Waals surface area contributed by atoms with E-state index >= 15 is 0 Å². The first-order valence-corrected chi connectivity index (χ1v) is 7.41. The van der Waals surface area contributed by atoms with E-state index in [1.54, 1.807) is 0 Å². The van der Waals surface area contributed by atoms with Gasteiger partial charge in [0.1, 0.15) is 18.3 Å². The summed E-state index contributed by atoms with van der Waals surface area (Å²) in [6.07, 6.45) is -2.32. The van der Waals surface area contributed by atoms with Crippen LogP contribution in [0, 0.1) is 0 Å². The second-order valence-corrected chi connectivity index (χ2v) is 5.16. The number of aliphatic hydroxyl groups excluding tert-OH is 3. The number of rotatable bonds is 7. The Morgan fingerprint density at radius 2 is 1.67 bits per heavy atom. The Morgan fingerprint density at radius 1 is 0.944 bits per heavy atom. The van der Waals surface area contributed by atoms with Gasteiger partial charge < -0.3 is 24.8 Å². The summed E-state index contributed by atoms with van der Waals surface area (Å²) in [5, 5.41) is 29.0. The molecule has 0 aromatic carbocycles. The quantitative estimate of drug-likeness (QED) is 0.333. The van der Waals surface area contributed by atoms with Crippen molar-refractivity contribution in [1.29, 1.82) is 0 Å². The molecule has 1 rings (SSSR count). The Kier molecular flexibility index (Phi) is 7.93. The molecule has 0 aliphatic carbocycles. The van der Waals surface area contributed by atoms with Gasteiger partial charge in [-0.15, -0.1) is 0 Å². The lowest BCUT2D eigenvalue weighted by Crippen LogP contribution is -2.58. The van der Waals surface area contributed by atoms with Gasteiger partial charge >= 0.3 is 0 Å². The Morgan fingerprint density at radius 3 is 2.28 bits per heavy atom. The van der Waals surface area contributed by atoms with E-state index in [1.807, 2.05) is 0 Å². The van der Waals surface area contributed by atoms with Crippen molar-refractivity contribution in [2.45, 2.75) is 50.0 Å². The van der Waals surface area contributed by atoms with E-state index in [0.717, 1.165) is 25.0 Å². The first-order valence-electron chi connectivity index (χ1n) is 6.14. The normalized spacial score (nSPS) is 36.8. The minimum absolute atomic E-state index is 0.254. The molecule has 1 heterocycles. The standard InChI is InChI=1S/C11H22O5S2/c12-8-7(6-18)16-11(10(14)9(8)13)15-4-2-1-3-5-17/h7-14,17-18H,1-6H2/t7?,8-,9?,10+,11-/m0/s1. The highest BCUT2D eigenvalue weighted by atomic mass is 32.1. The fourth-order valence-electron chi connectivity index (χ4n) is 1.80. The fourth-order valence-corrected chi connectivity index (χ4v) is 2.32. The predicted molar refractivity (Wildman–Crippen MR) is 74.2 cm³/mol. The van der Waals surface area contributed by atoms with Crippen molar-refractivity contribution in [2.75, 3.05) is 18.1 Å². The van der Waals surface area contributed by atoms with Crippen molar-refractivity contribution in [3.63, 3.8) is 0 Å². The zero-order valence-electron chi connectivity index (χ0n) is 10.2. The van der Waals surface area contributed by atoms with Crippen molar-refractivity contribution < 1.29 is 24.8 Å². The van der Waals surface area contributed by atoms with Crippen molar-refractivity contribution in [3.8, 4) is 0 Å². The van der Waals surface area contributed by atoms with Crippen LogP contribution in [0.3, 0.4) is 0 Å². The number of hydrogen-bond acceptors (Lipinski definition) is 7. The van der Waals surface area contributed by atoms with Gasteiger partial charge in [0.25, 0.3) is 0 Å². The predicted octanol–water partition coefficient (Wildman–Crippen LogP) is -0.160. The van der Waals surface area contributed by atoms with E-state index < -0.39 is 30.7 Å². The molecule has 0 amide bonds. The van der Waals surface area contributed by atoms with E-state index in [-0.39, 0.29) is 5.75 Å². The van der Waals surface area contributed by atoms with Crippen molar-refractivity contribution in [1.82, 2.24) is 0 Å². The van der Waals surface area contributed by atoms with E-state index in [9.17, 15) is 15.3 Å². The number of aliphatic hydroxyl groups is 3. The Labute approximate surface area is 118 Å². The molecule has 1 fully saturated rings. The van der Waals surface area contributed by atoms with Gasteiger partial charge in [-0.3, -0.25) is 0 Å². The zero-order valence-corrected chi connectivity index (χ0v) is 12.0. The molecule has 0 saturated carbocycles. The lowest BCUT2D eigenvalue weighted by atomic mass is 10.00. The van der Waals surface area contributed by atoms with Crippen LogP contribution < -0.4 is 0 Å². The average Bonchev–Trinajstić information content (AvgIpc) is 2.38. The molecule has 2 unspecified atom stereocenters. The Balaban J connectivity index is 2.35. The molecule has 0 radical (unpaired) electrons. The van der Waals surface area contributed by atoms with Crippen LogP contribution in [0.4, 0.5) is 0 Å². The van der Waals surface area contributed by atoms with Gasteiger partial charge in [-0.1, -0.05) is 6.42 Å². The van der Waals surface area contributed by atoms with E-state index in [4.69, 9.17) is 9.47 Å². The Bertz CT molecular complexity index is 229. The minimum Gasteiger partial charge on any atom is -0.388 e. The third-order valence-electron chi connectivity index (χ3n) is 2.93. The lowest BCUT2D eigenvalue weighted by Gasteiger charge is -2.39. The molecule has 108 valence electrons. The zero-order chi connectivity index (χ0) is 13.5. The maximum absolute atomic E-state index is 9.73. The monoisotopic (exact) mass is 298 g/mol. The summed E-state index contributed by atoms with van der Waals surface area (Å²) in [6.45, 7) is 0.442. The van der Waals surface area contributed by atoms with Gasteiger partial charge in [-0.25, -0.2) is 0 Å². The highest BCUT2D eigenvalue weighted by molar-refractivity contribution is 7.80. The second kappa shape index (κ2) is 8.63. The van der Waals surface area contributed by atoms with Gasteiger partial charge in [0.15, 0.2) is 6.29 Å². The lowest BCUT2D eigenvalue weighted by molar-refractivity contribution is -0.292. The van der Waals surface area contributed by atoms with E-state index in [0.29, 0.717) is 6.61 Å². The molecule has 1 aliphatic rings.